The highest BCUT2D eigenvalue weighted by Gasteiger charge is 2.23. The van der Waals surface area contributed by atoms with Crippen LogP contribution in [0.3, 0.4) is 0 Å². The molecule has 7 heteroatoms. The Bertz CT molecular complexity index is 775. The van der Waals surface area contributed by atoms with Gasteiger partial charge in [0.25, 0.3) is 5.91 Å². The van der Waals surface area contributed by atoms with Crippen molar-refractivity contribution in [2.45, 2.75) is 18.9 Å². The molecule has 0 aliphatic carbocycles. The molecule has 142 valence electrons. The molecule has 1 aromatic heterocycles. The predicted molar refractivity (Wildman–Crippen MR) is 108 cm³/mol. The first-order chi connectivity index (χ1) is 13.3. The van der Waals surface area contributed by atoms with E-state index in [1.807, 2.05) is 42.1 Å². The fraction of sp³-hybridized carbons (Fsp3) is 0.450. The maximum absolute atomic E-state index is 12.8. The molecule has 27 heavy (non-hydrogen) atoms. The summed E-state index contributed by atoms with van der Waals surface area (Å²) in [5.74, 6) is 3.34. The minimum Gasteiger partial charge on any atom is -0.376 e. The fourth-order valence-corrected chi connectivity index (χ4v) is 4.29. The van der Waals surface area contributed by atoms with E-state index in [2.05, 4.69) is 15.2 Å². The van der Waals surface area contributed by atoms with E-state index in [4.69, 9.17) is 9.72 Å². The van der Waals surface area contributed by atoms with Crippen LogP contribution in [-0.2, 0) is 4.74 Å². The molecule has 0 saturated carbocycles. The summed E-state index contributed by atoms with van der Waals surface area (Å²) in [7, 11) is 0. The summed E-state index contributed by atoms with van der Waals surface area (Å²) in [6, 6.07) is 9.89. The maximum atomic E-state index is 12.8. The van der Waals surface area contributed by atoms with Crippen LogP contribution in [0.4, 0.5) is 5.82 Å². The van der Waals surface area contributed by atoms with Gasteiger partial charge in [-0.05, 0) is 12.8 Å². The van der Waals surface area contributed by atoms with Gasteiger partial charge in [-0.2, -0.15) is 11.8 Å². The number of hydrogen-bond donors (Lipinski definition) is 1. The zero-order valence-electron chi connectivity index (χ0n) is 15.3. The molecule has 0 bridgehead atoms. The molecule has 2 aliphatic rings. The smallest absolute Gasteiger partial charge is 0.256 e. The molecule has 3 heterocycles. The molecule has 6 nitrogen and oxygen atoms in total. The van der Waals surface area contributed by atoms with Crippen LogP contribution >= 0.6 is 11.8 Å². The predicted octanol–water partition coefficient (Wildman–Crippen LogP) is 2.61. The monoisotopic (exact) mass is 384 g/mol. The first-order valence-electron chi connectivity index (χ1n) is 9.46. The number of rotatable bonds is 5. The largest absolute Gasteiger partial charge is 0.376 e. The number of anilines is 1. The van der Waals surface area contributed by atoms with Crippen molar-refractivity contribution in [3.8, 4) is 11.4 Å². The molecule has 0 unspecified atom stereocenters. The second-order valence-electron chi connectivity index (χ2n) is 6.74. The number of thioether (sulfide) groups is 1. The molecule has 1 amide bonds. The quantitative estimate of drug-likeness (QED) is 0.855. The number of hydrogen-bond acceptors (Lipinski definition) is 6. The number of nitrogens with zero attached hydrogens (tertiary/aromatic N) is 3. The molecule has 4 rings (SSSR count). The number of carbonyl (C=O) groups excluding carboxylic acids is 1. The molecule has 1 atom stereocenters. The van der Waals surface area contributed by atoms with Crippen LogP contribution in [0.25, 0.3) is 11.4 Å². The minimum absolute atomic E-state index is 0.119. The van der Waals surface area contributed by atoms with Crippen molar-refractivity contribution in [1.82, 2.24) is 15.3 Å². The first kappa shape index (κ1) is 18.3. The lowest BCUT2D eigenvalue weighted by Crippen LogP contribution is -2.37. The van der Waals surface area contributed by atoms with Crippen molar-refractivity contribution in [2.24, 2.45) is 0 Å². The third-order valence-corrected chi connectivity index (χ3v) is 5.81. The SMILES string of the molecule is O=C(NC[C@H]1CCCO1)c1cnc(-c2ccccc2)nc1N1CCSCC1. The van der Waals surface area contributed by atoms with Crippen LogP contribution in [0.1, 0.15) is 23.2 Å². The average molecular weight is 385 g/mol. The van der Waals surface area contributed by atoms with E-state index in [0.29, 0.717) is 17.9 Å². The van der Waals surface area contributed by atoms with Gasteiger partial charge in [0.2, 0.25) is 0 Å². The summed E-state index contributed by atoms with van der Waals surface area (Å²) in [6.45, 7) is 3.10. The van der Waals surface area contributed by atoms with Gasteiger partial charge < -0.3 is 15.0 Å². The lowest BCUT2D eigenvalue weighted by atomic mass is 10.2. The van der Waals surface area contributed by atoms with Crippen LogP contribution < -0.4 is 10.2 Å². The summed E-state index contributed by atoms with van der Waals surface area (Å²) in [4.78, 5) is 24.3. The molecular formula is C20H24N4O2S. The number of ether oxygens (including phenoxy) is 1. The van der Waals surface area contributed by atoms with Gasteiger partial charge in [0, 0.05) is 49.5 Å². The molecule has 0 radical (unpaired) electrons. The number of carbonyl (C=O) groups is 1. The third-order valence-electron chi connectivity index (χ3n) is 4.87. The van der Waals surface area contributed by atoms with Crippen molar-refractivity contribution in [1.29, 1.82) is 0 Å². The Labute approximate surface area is 163 Å². The standard InChI is InChI=1S/C20H24N4O2S/c25-20(22-13-16-7-4-10-26-16)17-14-21-18(15-5-2-1-3-6-15)23-19(17)24-8-11-27-12-9-24/h1-3,5-6,14,16H,4,7-13H2,(H,22,25)/t16-/m1/s1. The van der Waals surface area contributed by atoms with Gasteiger partial charge in [0.05, 0.1) is 6.10 Å². The van der Waals surface area contributed by atoms with Crippen LogP contribution in [0.2, 0.25) is 0 Å². The molecule has 2 aliphatic heterocycles. The van der Waals surface area contributed by atoms with Crippen molar-refractivity contribution in [3.63, 3.8) is 0 Å². The lowest BCUT2D eigenvalue weighted by Gasteiger charge is -2.29. The molecule has 0 spiro atoms. The number of aromatic nitrogens is 2. The maximum Gasteiger partial charge on any atom is 0.256 e. The molecular weight excluding hydrogens is 360 g/mol. The van der Waals surface area contributed by atoms with E-state index in [-0.39, 0.29) is 12.0 Å². The van der Waals surface area contributed by atoms with Crippen molar-refractivity contribution in [2.75, 3.05) is 42.6 Å². The number of amides is 1. The van der Waals surface area contributed by atoms with E-state index in [9.17, 15) is 4.79 Å². The van der Waals surface area contributed by atoms with Crippen molar-refractivity contribution < 1.29 is 9.53 Å². The molecule has 2 fully saturated rings. The van der Waals surface area contributed by atoms with Crippen LogP contribution in [-0.4, -0.2) is 59.7 Å². The van der Waals surface area contributed by atoms with Gasteiger partial charge in [-0.25, -0.2) is 9.97 Å². The average Bonchev–Trinajstić information content (AvgIpc) is 3.26. The van der Waals surface area contributed by atoms with Crippen molar-refractivity contribution >= 4 is 23.5 Å². The zero-order chi connectivity index (χ0) is 18.5. The summed E-state index contributed by atoms with van der Waals surface area (Å²) < 4.78 is 5.60. The Kier molecular flexibility index (Phi) is 5.89. The third kappa shape index (κ3) is 4.42. The van der Waals surface area contributed by atoms with Crippen molar-refractivity contribution in [3.05, 3.63) is 42.1 Å². The Balaban J connectivity index is 1.59. The highest BCUT2D eigenvalue weighted by Crippen LogP contribution is 2.25. The van der Waals surface area contributed by atoms with Crippen LogP contribution in [0, 0.1) is 0 Å². The molecule has 1 aromatic carbocycles. The molecule has 2 aromatic rings. The molecule has 1 N–H and O–H groups in total. The van der Waals surface area contributed by atoms with Gasteiger partial charge >= 0.3 is 0 Å². The van der Waals surface area contributed by atoms with E-state index in [1.165, 1.54) is 0 Å². The van der Waals surface area contributed by atoms with Gasteiger partial charge in [-0.15, -0.1) is 0 Å². The van der Waals surface area contributed by atoms with E-state index in [0.717, 1.165) is 55.4 Å². The number of benzene rings is 1. The number of nitrogens with one attached hydrogen (secondary N) is 1. The highest BCUT2D eigenvalue weighted by molar-refractivity contribution is 7.99. The van der Waals surface area contributed by atoms with E-state index >= 15 is 0 Å². The Morgan fingerprint density at radius 1 is 1.26 bits per heavy atom. The topological polar surface area (TPSA) is 67.3 Å². The normalized spacial score (nSPS) is 19.9. The van der Waals surface area contributed by atoms with Crippen LogP contribution in [0.15, 0.2) is 36.5 Å². The van der Waals surface area contributed by atoms with E-state index in [1.54, 1.807) is 6.20 Å². The lowest BCUT2D eigenvalue weighted by molar-refractivity contribution is 0.0857. The molecule has 2 saturated heterocycles. The Hall–Kier alpha value is -2.12. The first-order valence-corrected chi connectivity index (χ1v) is 10.6. The van der Waals surface area contributed by atoms with Gasteiger partial charge in [-0.3, -0.25) is 4.79 Å². The fourth-order valence-electron chi connectivity index (χ4n) is 3.38. The summed E-state index contributed by atoms with van der Waals surface area (Å²) in [6.07, 6.45) is 3.84. The van der Waals surface area contributed by atoms with E-state index < -0.39 is 0 Å². The Morgan fingerprint density at radius 2 is 2.07 bits per heavy atom. The summed E-state index contributed by atoms with van der Waals surface area (Å²) in [5, 5.41) is 3.00. The highest BCUT2D eigenvalue weighted by atomic mass is 32.2. The zero-order valence-corrected chi connectivity index (χ0v) is 16.1. The Morgan fingerprint density at radius 3 is 2.81 bits per heavy atom. The summed E-state index contributed by atoms with van der Waals surface area (Å²) in [5.41, 5.74) is 1.50. The van der Waals surface area contributed by atoms with Gasteiger partial charge in [0.1, 0.15) is 11.4 Å². The van der Waals surface area contributed by atoms with Gasteiger partial charge in [0.15, 0.2) is 5.82 Å². The van der Waals surface area contributed by atoms with Crippen LogP contribution in [0.5, 0.6) is 0 Å². The second kappa shape index (κ2) is 8.71. The minimum atomic E-state index is -0.127. The van der Waals surface area contributed by atoms with Gasteiger partial charge in [-0.1, -0.05) is 30.3 Å². The second-order valence-corrected chi connectivity index (χ2v) is 7.97. The summed E-state index contributed by atoms with van der Waals surface area (Å²) >= 11 is 1.93.